The molecule has 2 aromatic heterocycles. The van der Waals surface area contributed by atoms with E-state index in [4.69, 9.17) is 5.11 Å². The Hall–Kier alpha value is -1.36. The van der Waals surface area contributed by atoms with Gasteiger partial charge in [0.15, 0.2) is 0 Å². The fourth-order valence-corrected chi connectivity index (χ4v) is 6.82. The number of rotatable bonds is 4. The van der Waals surface area contributed by atoms with Gasteiger partial charge < -0.3 is 9.67 Å². The van der Waals surface area contributed by atoms with E-state index in [0.717, 1.165) is 11.3 Å². The highest BCUT2D eigenvalue weighted by molar-refractivity contribution is 9.10. The van der Waals surface area contributed by atoms with E-state index in [1.54, 1.807) is 30.3 Å². The molecule has 3 aromatic rings. The van der Waals surface area contributed by atoms with Crippen molar-refractivity contribution in [1.29, 1.82) is 0 Å². The molecule has 0 aliphatic heterocycles. The van der Waals surface area contributed by atoms with Crippen LogP contribution in [-0.4, -0.2) is 35.3 Å². The van der Waals surface area contributed by atoms with Crippen LogP contribution in [0, 0.1) is 0 Å². The quantitative estimate of drug-likeness (QED) is 0.615. The van der Waals surface area contributed by atoms with E-state index in [9.17, 15) is 13.2 Å². The van der Waals surface area contributed by atoms with Gasteiger partial charge in [-0.3, -0.25) is 0 Å². The lowest BCUT2D eigenvalue weighted by Gasteiger charge is -2.06. The van der Waals surface area contributed by atoms with E-state index in [-0.39, 0.29) is 14.7 Å². The Morgan fingerprint density at radius 1 is 1.38 bits per heavy atom. The van der Waals surface area contributed by atoms with Gasteiger partial charge in [-0.2, -0.15) is 0 Å². The standard InChI is InChI=1S/C14H11BrN2O4S3/c1-17-6-16-12-8(15)3-7(4-9(12)17)24(20,21)11-5-10(13(18)19)23-14(11)22-2/h3-6H,1-2H3,(H,18,19). The third kappa shape index (κ3) is 2.77. The number of sulfone groups is 1. The molecular weight excluding hydrogens is 436 g/mol. The summed E-state index contributed by atoms with van der Waals surface area (Å²) in [4.78, 5) is 15.5. The minimum atomic E-state index is -3.85. The molecule has 6 nitrogen and oxygen atoms in total. The average molecular weight is 447 g/mol. The second-order valence-electron chi connectivity index (χ2n) is 4.90. The van der Waals surface area contributed by atoms with E-state index >= 15 is 0 Å². The number of aromatic nitrogens is 2. The number of benzene rings is 1. The summed E-state index contributed by atoms with van der Waals surface area (Å²) in [5.74, 6) is -1.14. The second-order valence-corrected chi connectivity index (χ2v) is 9.80. The van der Waals surface area contributed by atoms with E-state index in [2.05, 4.69) is 20.9 Å². The monoisotopic (exact) mass is 446 g/mol. The molecule has 0 saturated heterocycles. The van der Waals surface area contributed by atoms with Crippen LogP contribution in [0.1, 0.15) is 9.67 Å². The van der Waals surface area contributed by atoms with E-state index in [1.807, 2.05) is 0 Å². The summed E-state index contributed by atoms with van der Waals surface area (Å²) in [6.45, 7) is 0. The molecule has 0 saturated carbocycles. The van der Waals surface area contributed by atoms with Crippen LogP contribution in [0.3, 0.4) is 0 Å². The van der Waals surface area contributed by atoms with Crippen LogP contribution < -0.4 is 0 Å². The molecule has 1 N–H and O–H groups in total. The highest BCUT2D eigenvalue weighted by atomic mass is 79.9. The van der Waals surface area contributed by atoms with Crippen LogP contribution in [0.25, 0.3) is 11.0 Å². The van der Waals surface area contributed by atoms with Crippen molar-refractivity contribution in [1.82, 2.24) is 9.55 Å². The molecule has 0 radical (unpaired) electrons. The van der Waals surface area contributed by atoms with Gasteiger partial charge >= 0.3 is 5.97 Å². The van der Waals surface area contributed by atoms with Crippen molar-refractivity contribution in [3.05, 3.63) is 33.9 Å². The number of carboxylic acids is 1. The molecule has 0 bridgehead atoms. The summed E-state index contributed by atoms with van der Waals surface area (Å²) in [5, 5.41) is 9.14. The predicted octanol–water partition coefficient (Wildman–Crippen LogP) is 3.65. The smallest absolute Gasteiger partial charge is 0.345 e. The maximum Gasteiger partial charge on any atom is 0.345 e. The Bertz CT molecular complexity index is 1070. The van der Waals surface area contributed by atoms with Gasteiger partial charge in [0.25, 0.3) is 0 Å². The molecule has 24 heavy (non-hydrogen) atoms. The Morgan fingerprint density at radius 3 is 2.71 bits per heavy atom. The number of hydrogen-bond donors (Lipinski definition) is 1. The molecule has 0 amide bonds. The Labute approximate surface area is 154 Å². The lowest BCUT2D eigenvalue weighted by molar-refractivity contribution is 0.0702. The van der Waals surface area contributed by atoms with E-state index < -0.39 is 15.8 Å². The van der Waals surface area contributed by atoms with Gasteiger partial charge in [-0.05, 0) is 40.4 Å². The van der Waals surface area contributed by atoms with E-state index in [0.29, 0.717) is 19.7 Å². The van der Waals surface area contributed by atoms with Gasteiger partial charge in [-0.1, -0.05) is 0 Å². The van der Waals surface area contributed by atoms with Crippen LogP contribution in [-0.2, 0) is 16.9 Å². The SMILES string of the molecule is CSc1sc(C(=O)O)cc1S(=O)(=O)c1cc(Br)c2ncn(C)c2c1. The van der Waals surface area contributed by atoms with Crippen LogP contribution in [0.5, 0.6) is 0 Å². The zero-order chi connectivity index (χ0) is 17.6. The average Bonchev–Trinajstić information content (AvgIpc) is 3.12. The maximum absolute atomic E-state index is 13.0. The number of thiophene rings is 1. The largest absolute Gasteiger partial charge is 0.477 e. The number of carboxylic acid groups (broad SMARTS) is 1. The summed E-state index contributed by atoms with van der Waals surface area (Å²) >= 11 is 5.52. The van der Waals surface area contributed by atoms with Gasteiger partial charge in [0, 0.05) is 11.5 Å². The van der Waals surface area contributed by atoms with Crippen LogP contribution in [0.15, 0.2) is 43.0 Å². The van der Waals surface area contributed by atoms with Crippen molar-refractivity contribution >= 4 is 65.9 Å². The van der Waals surface area contributed by atoms with Gasteiger partial charge in [0.1, 0.15) is 10.4 Å². The van der Waals surface area contributed by atoms with Crippen molar-refractivity contribution in [3.63, 3.8) is 0 Å². The molecular formula is C14H11BrN2O4S3. The minimum Gasteiger partial charge on any atom is -0.477 e. The van der Waals surface area contributed by atoms with Crippen LogP contribution in [0.4, 0.5) is 0 Å². The summed E-state index contributed by atoms with van der Waals surface area (Å²) in [5.41, 5.74) is 1.33. The first kappa shape index (κ1) is 17.5. The number of thioether (sulfide) groups is 1. The number of aromatic carboxylic acids is 1. The number of aryl methyl sites for hydroxylation is 1. The zero-order valence-corrected chi connectivity index (χ0v) is 16.5. The lowest BCUT2D eigenvalue weighted by Crippen LogP contribution is -2.03. The van der Waals surface area contributed by atoms with Crippen molar-refractivity contribution in [2.24, 2.45) is 7.05 Å². The fourth-order valence-electron chi connectivity index (χ4n) is 2.24. The summed E-state index contributed by atoms with van der Waals surface area (Å²) < 4.78 is 28.8. The predicted molar refractivity (Wildman–Crippen MR) is 96.9 cm³/mol. The number of nitrogens with zero attached hydrogens (tertiary/aromatic N) is 2. The summed E-state index contributed by atoms with van der Waals surface area (Å²) in [6, 6.07) is 4.26. The Morgan fingerprint density at radius 2 is 2.08 bits per heavy atom. The molecule has 1 aromatic carbocycles. The Balaban J connectivity index is 2.25. The van der Waals surface area contributed by atoms with Crippen molar-refractivity contribution in [3.8, 4) is 0 Å². The minimum absolute atomic E-state index is 0.00129. The molecule has 0 aliphatic carbocycles. The zero-order valence-electron chi connectivity index (χ0n) is 12.5. The number of hydrogen-bond acceptors (Lipinski definition) is 6. The van der Waals surface area contributed by atoms with Crippen LogP contribution in [0.2, 0.25) is 0 Å². The molecule has 0 aliphatic rings. The van der Waals surface area contributed by atoms with Crippen molar-refractivity contribution < 1.29 is 18.3 Å². The highest BCUT2D eigenvalue weighted by Crippen LogP contribution is 2.38. The third-order valence-corrected chi connectivity index (χ3v) is 8.30. The van der Waals surface area contributed by atoms with Crippen LogP contribution >= 0.6 is 39.0 Å². The third-order valence-electron chi connectivity index (χ3n) is 3.42. The number of halogens is 1. The van der Waals surface area contributed by atoms with Gasteiger partial charge in [0.05, 0.1) is 25.8 Å². The normalized spacial score (nSPS) is 12.0. The van der Waals surface area contributed by atoms with Gasteiger partial charge in [-0.15, -0.1) is 23.1 Å². The first-order valence-electron chi connectivity index (χ1n) is 6.52. The summed E-state index contributed by atoms with van der Waals surface area (Å²) in [7, 11) is -2.07. The molecule has 0 atom stereocenters. The first-order valence-corrected chi connectivity index (χ1v) is 10.8. The highest BCUT2D eigenvalue weighted by Gasteiger charge is 2.27. The molecule has 3 rings (SSSR count). The lowest BCUT2D eigenvalue weighted by atomic mass is 10.3. The van der Waals surface area contributed by atoms with Crippen molar-refractivity contribution in [2.75, 3.05) is 6.26 Å². The van der Waals surface area contributed by atoms with Gasteiger partial charge in [-0.25, -0.2) is 18.2 Å². The summed E-state index contributed by atoms with van der Waals surface area (Å²) in [6.07, 6.45) is 3.32. The molecule has 0 fully saturated rings. The first-order chi connectivity index (χ1) is 11.3. The second kappa shape index (κ2) is 6.17. The van der Waals surface area contributed by atoms with E-state index in [1.165, 1.54) is 23.9 Å². The van der Waals surface area contributed by atoms with Crippen molar-refractivity contribution in [2.45, 2.75) is 14.0 Å². The molecule has 0 spiro atoms. The van der Waals surface area contributed by atoms with Gasteiger partial charge in [0.2, 0.25) is 9.84 Å². The number of carbonyl (C=O) groups is 1. The number of fused-ring (bicyclic) bond motifs is 1. The molecule has 10 heteroatoms. The topological polar surface area (TPSA) is 89.3 Å². The molecule has 126 valence electrons. The Kier molecular flexibility index (Phi) is 4.49. The number of imidazole rings is 1. The maximum atomic E-state index is 13.0. The molecule has 0 unspecified atom stereocenters. The molecule has 2 heterocycles. The fraction of sp³-hybridized carbons (Fsp3) is 0.143.